The number of hydrogen-bond acceptors (Lipinski definition) is 3. The first kappa shape index (κ1) is 15.8. The highest BCUT2D eigenvalue weighted by Gasteiger charge is 2.09. The zero-order valence-electron chi connectivity index (χ0n) is 12.8. The summed E-state index contributed by atoms with van der Waals surface area (Å²) in [5.74, 6) is -0.827. The maximum atomic E-state index is 13.4. The van der Waals surface area contributed by atoms with Gasteiger partial charge in [0.25, 0.3) is 0 Å². The molecule has 0 aliphatic rings. The Morgan fingerprint density at radius 1 is 0.920 bits per heavy atom. The number of halogens is 3. The normalized spacial score (nSPS) is 11.2. The molecular weight excluding hydrogens is 390 g/mol. The minimum Gasteiger partial charge on any atom is -0.259 e. The first-order valence-corrected chi connectivity index (χ1v) is 8.27. The number of rotatable bonds is 3. The van der Waals surface area contributed by atoms with E-state index >= 15 is 0 Å². The maximum Gasteiger partial charge on any atom is 0.212 e. The second kappa shape index (κ2) is 6.33. The molecule has 25 heavy (non-hydrogen) atoms. The van der Waals surface area contributed by atoms with Crippen molar-refractivity contribution in [1.82, 2.24) is 19.7 Å². The van der Waals surface area contributed by atoms with Gasteiger partial charge < -0.3 is 0 Å². The Bertz CT molecular complexity index is 1060. The molecule has 3 aromatic heterocycles. The molecule has 0 radical (unpaired) electrons. The Morgan fingerprint density at radius 3 is 2.56 bits per heavy atom. The fraction of sp³-hybridized carbons (Fsp3) is 0.0556. The number of hydrogen-bond donors (Lipinski definition) is 0. The summed E-state index contributed by atoms with van der Waals surface area (Å²) in [6, 6.07) is 9.76. The second-order valence-corrected chi connectivity index (χ2v) is 6.40. The van der Waals surface area contributed by atoms with Gasteiger partial charge in [0.05, 0.1) is 22.7 Å². The van der Waals surface area contributed by atoms with Crippen molar-refractivity contribution in [2.45, 2.75) is 6.54 Å². The standard InChI is InChI=1S/C18H11BrF2N4/c19-14-5-12(2-3-15(14)20)13-6-17-16(22-8-13)9-24-25(17)10-11-1-4-18(21)23-7-11/h1-9H,10H2. The van der Waals surface area contributed by atoms with Crippen LogP contribution in [0.3, 0.4) is 0 Å². The van der Waals surface area contributed by atoms with Crippen LogP contribution in [0.4, 0.5) is 8.78 Å². The molecule has 0 spiro atoms. The van der Waals surface area contributed by atoms with Crippen LogP contribution in [0.15, 0.2) is 59.5 Å². The molecule has 124 valence electrons. The zero-order valence-corrected chi connectivity index (χ0v) is 14.4. The van der Waals surface area contributed by atoms with E-state index in [0.29, 0.717) is 11.0 Å². The molecular formula is C18H11BrF2N4. The molecule has 0 N–H and O–H groups in total. The van der Waals surface area contributed by atoms with Crippen molar-refractivity contribution >= 4 is 27.0 Å². The van der Waals surface area contributed by atoms with Gasteiger partial charge in [0, 0.05) is 18.0 Å². The van der Waals surface area contributed by atoms with Crippen LogP contribution >= 0.6 is 15.9 Å². The molecule has 7 heteroatoms. The van der Waals surface area contributed by atoms with E-state index in [4.69, 9.17) is 0 Å². The lowest BCUT2D eigenvalue weighted by Crippen LogP contribution is -2.02. The number of aromatic nitrogens is 4. The minimum absolute atomic E-state index is 0.313. The maximum absolute atomic E-state index is 13.4. The lowest BCUT2D eigenvalue weighted by Gasteiger charge is -2.06. The number of benzene rings is 1. The van der Waals surface area contributed by atoms with Crippen LogP contribution in [-0.2, 0) is 6.54 Å². The molecule has 3 heterocycles. The Labute approximate surface area is 150 Å². The molecule has 0 atom stereocenters. The fourth-order valence-corrected chi connectivity index (χ4v) is 2.97. The van der Waals surface area contributed by atoms with E-state index in [1.54, 1.807) is 35.3 Å². The highest BCUT2D eigenvalue weighted by molar-refractivity contribution is 9.10. The summed E-state index contributed by atoms with van der Waals surface area (Å²) in [7, 11) is 0. The van der Waals surface area contributed by atoms with Crippen LogP contribution in [0.1, 0.15) is 5.56 Å². The van der Waals surface area contributed by atoms with Gasteiger partial charge in [-0.2, -0.15) is 9.49 Å². The van der Waals surface area contributed by atoms with E-state index in [1.165, 1.54) is 18.3 Å². The van der Waals surface area contributed by atoms with Crippen molar-refractivity contribution in [2.75, 3.05) is 0 Å². The topological polar surface area (TPSA) is 43.6 Å². The van der Waals surface area contributed by atoms with Gasteiger partial charge in [-0.1, -0.05) is 12.1 Å². The van der Waals surface area contributed by atoms with Gasteiger partial charge >= 0.3 is 0 Å². The third-order valence-electron chi connectivity index (χ3n) is 3.87. The molecule has 0 amide bonds. The van der Waals surface area contributed by atoms with Gasteiger partial charge in [-0.05, 0) is 51.3 Å². The van der Waals surface area contributed by atoms with Crippen molar-refractivity contribution < 1.29 is 8.78 Å². The third-order valence-corrected chi connectivity index (χ3v) is 4.48. The zero-order chi connectivity index (χ0) is 17.4. The van der Waals surface area contributed by atoms with Crippen molar-refractivity contribution in [3.8, 4) is 11.1 Å². The van der Waals surface area contributed by atoms with Crippen LogP contribution in [-0.4, -0.2) is 19.7 Å². The van der Waals surface area contributed by atoms with Gasteiger partial charge in [0.2, 0.25) is 5.95 Å². The highest BCUT2D eigenvalue weighted by Crippen LogP contribution is 2.27. The van der Waals surface area contributed by atoms with Crippen LogP contribution in [0.25, 0.3) is 22.2 Å². The number of nitrogens with zero attached hydrogens (tertiary/aromatic N) is 4. The monoisotopic (exact) mass is 400 g/mol. The van der Waals surface area contributed by atoms with E-state index in [-0.39, 0.29) is 5.82 Å². The van der Waals surface area contributed by atoms with Gasteiger partial charge in [-0.25, -0.2) is 9.37 Å². The minimum atomic E-state index is -0.514. The Hall–Kier alpha value is -2.67. The third kappa shape index (κ3) is 3.15. The Kier molecular flexibility index (Phi) is 4.01. The van der Waals surface area contributed by atoms with E-state index in [0.717, 1.165) is 27.7 Å². The fourth-order valence-electron chi connectivity index (χ4n) is 2.59. The molecule has 0 aliphatic carbocycles. The molecule has 0 aliphatic heterocycles. The van der Waals surface area contributed by atoms with E-state index in [9.17, 15) is 8.78 Å². The first-order valence-electron chi connectivity index (χ1n) is 7.47. The quantitative estimate of drug-likeness (QED) is 0.472. The number of pyridine rings is 2. The molecule has 1 aromatic carbocycles. The lowest BCUT2D eigenvalue weighted by molar-refractivity contribution is 0.580. The summed E-state index contributed by atoms with van der Waals surface area (Å²) in [5, 5.41) is 4.34. The van der Waals surface area contributed by atoms with Crippen molar-refractivity contribution in [1.29, 1.82) is 0 Å². The summed E-state index contributed by atoms with van der Waals surface area (Å²) in [6.07, 6.45) is 4.89. The van der Waals surface area contributed by atoms with E-state index in [1.807, 2.05) is 6.07 Å². The van der Waals surface area contributed by atoms with Gasteiger partial charge in [-0.3, -0.25) is 9.67 Å². The summed E-state index contributed by atoms with van der Waals surface area (Å²) < 4.78 is 28.6. The average Bonchev–Trinajstić information content (AvgIpc) is 3.01. The highest BCUT2D eigenvalue weighted by atomic mass is 79.9. The van der Waals surface area contributed by atoms with Gasteiger partial charge in [-0.15, -0.1) is 0 Å². The molecule has 0 bridgehead atoms. The SMILES string of the molecule is Fc1ccc(Cn2ncc3ncc(-c4ccc(F)c(Br)c4)cc32)cn1. The number of fused-ring (bicyclic) bond motifs is 1. The molecule has 0 fully saturated rings. The largest absolute Gasteiger partial charge is 0.259 e. The van der Waals surface area contributed by atoms with Crippen molar-refractivity contribution in [2.24, 2.45) is 0 Å². The van der Waals surface area contributed by atoms with Crippen LogP contribution in [0, 0.1) is 11.8 Å². The van der Waals surface area contributed by atoms with Crippen LogP contribution in [0.2, 0.25) is 0 Å². The average molecular weight is 401 g/mol. The summed E-state index contributed by atoms with van der Waals surface area (Å²) in [5.41, 5.74) is 4.12. The van der Waals surface area contributed by atoms with Gasteiger partial charge in [0.15, 0.2) is 0 Å². The molecule has 0 saturated carbocycles. The smallest absolute Gasteiger partial charge is 0.212 e. The molecule has 4 aromatic rings. The van der Waals surface area contributed by atoms with Gasteiger partial charge in [0.1, 0.15) is 11.3 Å². The van der Waals surface area contributed by atoms with E-state index in [2.05, 4.69) is 31.0 Å². The molecule has 4 rings (SSSR count). The lowest BCUT2D eigenvalue weighted by atomic mass is 10.1. The predicted octanol–water partition coefficient (Wildman–Crippen LogP) is 4.58. The summed E-state index contributed by atoms with van der Waals surface area (Å²) >= 11 is 3.20. The van der Waals surface area contributed by atoms with Crippen molar-refractivity contribution in [3.05, 3.63) is 76.8 Å². The summed E-state index contributed by atoms with van der Waals surface area (Å²) in [4.78, 5) is 8.08. The van der Waals surface area contributed by atoms with E-state index < -0.39 is 5.95 Å². The Morgan fingerprint density at radius 2 is 1.80 bits per heavy atom. The second-order valence-electron chi connectivity index (χ2n) is 5.55. The van der Waals surface area contributed by atoms with Crippen LogP contribution in [0.5, 0.6) is 0 Å². The predicted molar refractivity (Wildman–Crippen MR) is 93.9 cm³/mol. The van der Waals surface area contributed by atoms with Crippen molar-refractivity contribution in [3.63, 3.8) is 0 Å². The Balaban J connectivity index is 1.74. The molecule has 0 unspecified atom stereocenters. The molecule has 4 nitrogen and oxygen atoms in total. The molecule has 0 saturated heterocycles. The first-order chi connectivity index (χ1) is 12.1. The van der Waals surface area contributed by atoms with Crippen LogP contribution < -0.4 is 0 Å². The summed E-state index contributed by atoms with van der Waals surface area (Å²) in [6.45, 7) is 0.453.